The Kier molecular flexibility index (Phi) is 2.62. The van der Waals surface area contributed by atoms with E-state index in [0.29, 0.717) is 13.2 Å². The molecule has 1 N–H and O–H groups in total. The largest absolute Gasteiger partial charge is 0.390 e. The third kappa shape index (κ3) is 1.79. The number of Topliss-reactive ketones (excluding diaryl/α,β-unsaturated/α-hetero) is 1. The summed E-state index contributed by atoms with van der Waals surface area (Å²) in [5, 5.41) is 9.33. The highest BCUT2D eigenvalue weighted by atomic mass is 16.5. The van der Waals surface area contributed by atoms with Crippen molar-refractivity contribution >= 4 is 5.78 Å². The number of aliphatic hydroxyl groups is 1. The monoisotopic (exact) mass is 158 g/mol. The summed E-state index contributed by atoms with van der Waals surface area (Å²) < 4.78 is 5.04. The fourth-order valence-electron chi connectivity index (χ4n) is 1.34. The Morgan fingerprint density at radius 3 is 2.64 bits per heavy atom. The Labute approximate surface area is 66.4 Å². The SMILES string of the molecule is CC(=O)C(C)C1COCC1O. The molecule has 0 aromatic carbocycles. The minimum Gasteiger partial charge on any atom is -0.390 e. The standard InChI is InChI=1S/C8H14O3/c1-5(6(2)9)7-3-11-4-8(7)10/h5,7-8,10H,3-4H2,1-2H3. The van der Waals surface area contributed by atoms with Crippen molar-refractivity contribution in [3.63, 3.8) is 0 Å². The molecule has 1 rings (SSSR count). The van der Waals surface area contributed by atoms with Gasteiger partial charge in [0.05, 0.1) is 19.3 Å². The highest BCUT2D eigenvalue weighted by Crippen LogP contribution is 2.22. The van der Waals surface area contributed by atoms with Crippen molar-refractivity contribution in [3.05, 3.63) is 0 Å². The molecule has 0 radical (unpaired) electrons. The van der Waals surface area contributed by atoms with Crippen LogP contribution in [-0.2, 0) is 9.53 Å². The third-order valence-electron chi connectivity index (χ3n) is 2.38. The van der Waals surface area contributed by atoms with Gasteiger partial charge in [-0.2, -0.15) is 0 Å². The fraction of sp³-hybridized carbons (Fsp3) is 0.875. The molecule has 3 atom stereocenters. The number of hydrogen-bond donors (Lipinski definition) is 1. The fourth-order valence-corrected chi connectivity index (χ4v) is 1.34. The minimum atomic E-state index is -0.450. The van der Waals surface area contributed by atoms with Gasteiger partial charge in [0.15, 0.2) is 0 Å². The van der Waals surface area contributed by atoms with E-state index in [2.05, 4.69) is 0 Å². The molecule has 3 heteroatoms. The molecular formula is C8H14O3. The second-order valence-electron chi connectivity index (χ2n) is 3.17. The zero-order chi connectivity index (χ0) is 8.43. The Balaban J connectivity index is 2.52. The van der Waals surface area contributed by atoms with Gasteiger partial charge in [-0.25, -0.2) is 0 Å². The van der Waals surface area contributed by atoms with Crippen LogP contribution in [0.5, 0.6) is 0 Å². The summed E-state index contributed by atoms with van der Waals surface area (Å²) in [4.78, 5) is 10.9. The summed E-state index contributed by atoms with van der Waals surface area (Å²) in [5.41, 5.74) is 0. The Morgan fingerprint density at radius 1 is 1.64 bits per heavy atom. The van der Waals surface area contributed by atoms with Crippen LogP contribution in [0.15, 0.2) is 0 Å². The quantitative estimate of drug-likeness (QED) is 0.625. The van der Waals surface area contributed by atoms with E-state index in [1.165, 1.54) is 0 Å². The van der Waals surface area contributed by atoms with Crippen LogP contribution in [0.25, 0.3) is 0 Å². The lowest BCUT2D eigenvalue weighted by atomic mass is 9.89. The molecule has 1 heterocycles. The van der Waals surface area contributed by atoms with Crippen molar-refractivity contribution in [3.8, 4) is 0 Å². The predicted octanol–water partition coefficient (Wildman–Crippen LogP) is 0.219. The molecular weight excluding hydrogens is 144 g/mol. The second kappa shape index (κ2) is 3.32. The molecule has 3 nitrogen and oxygen atoms in total. The molecule has 0 bridgehead atoms. The smallest absolute Gasteiger partial charge is 0.133 e. The molecule has 0 spiro atoms. The molecule has 3 unspecified atom stereocenters. The summed E-state index contributed by atoms with van der Waals surface area (Å²) >= 11 is 0. The van der Waals surface area contributed by atoms with Crippen LogP contribution in [0.1, 0.15) is 13.8 Å². The Morgan fingerprint density at radius 2 is 2.27 bits per heavy atom. The van der Waals surface area contributed by atoms with Crippen LogP contribution in [0, 0.1) is 11.8 Å². The molecule has 0 aromatic rings. The van der Waals surface area contributed by atoms with Crippen molar-refractivity contribution in [1.82, 2.24) is 0 Å². The Bertz CT molecular complexity index is 155. The first kappa shape index (κ1) is 8.68. The number of aliphatic hydroxyl groups excluding tert-OH is 1. The van der Waals surface area contributed by atoms with E-state index < -0.39 is 6.10 Å². The van der Waals surface area contributed by atoms with Crippen molar-refractivity contribution in [2.75, 3.05) is 13.2 Å². The molecule has 0 saturated carbocycles. The first-order chi connectivity index (χ1) is 5.13. The summed E-state index contributed by atoms with van der Waals surface area (Å²) in [6.07, 6.45) is -0.450. The average molecular weight is 158 g/mol. The maximum absolute atomic E-state index is 10.9. The molecule has 11 heavy (non-hydrogen) atoms. The number of ketones is 1. The molecule has 0 amide bonds. The van der Waals surface area contributed by atoms with E-state index >= 15 is 0 Å². The van der Waals surface area contributed by atoms with Gasteiger partial charge in [0.25, 0.3) is 0 Å². The third-order valence-corrected chi connectivity index (χ3v) is 2.38. The van der Waals surface area contributed by atoms with Crippen molar-refractivity contribution in [1.29, 1.82) is 0 Å². The van der Waals surface area contributed by atoms with E-state index in [0.717, 1.165) is 0 Å². The van der Waals surface area contributed by atoms with E-state index in [1.54, 1.807) is 6.92 Å². The highest BCUT2D eigenvalue weighted by Gasteiger charge is 2.32. The van der Waals surface area contributed by atoms with Crippen LogP contribution in [-0.4, -0.2) is 30.2 Å². The van der Waals surface area contributed by atoms with Crippen LogP contribution >= 0.6 is 0 Å². The normalized spacial score (nSPS) is 33.7. The lowest BCUT2D eigenvalue weighted by molar-refractivity contribution is -0.122. The van der Waals surface area contributed by atoms with Crippen molar-refractivity contribution in [2.24, 2.45) is 11.8 Å². The number of ether oxygens (including phenoxy) is 1. The summed E-state index contributed by atoms with van der Waals surface area (Å²) in [6, 6.07) is 0. The van der Waals surface area contributed by atoms with Gasteiger partial charge in [-0.1, -0.05) is 6.92 Å². The van der Waals surface area contributed by atoms with E-state index in [-0.39, 0.29) is 17.6 Å². The van der Waals surface area contributed by atoms with Gasteiger partial charge >= 0.3 is 0 Å². The van der Waals surface area contributed by atoms with E-state index in [4.69, 9.17) is 4.74 Å². The van der Waals surface area contributed by atoms with Crippen LogP contribution < -0.4 is 0 Å². The lowest BCUT2D eigenvalue weighted by Crippen LogP contribution is -2.28. The second-order valence-corrected chi connectivity index (χ2v) is 3.17. The summed E-state index contributed by atoms with van der Waals surface area (Å²) in [5.74, 6) is 0.0551. The molecule has 64 valence electrons. The molecule has 1 aliphatic heterocycles. The van der Waals surface area contributed by atoms with E-state index in [1.807, 2.05) is 6.92 Å². The lowest BCUT2D eigenvalue weighted by Gasteiger charge is -2.17. The van der Waals surface area contributed by atoms with Crippen molar-refractivity contribution < 1.29 is 14.6 Å². The van der Waals surface area contributed by atoms with Gasteiger partial charge in [-0.15, -0.1) is 0 Å². The zero-order valence-corrected chi connectivity index (χ0v) is 6.91. The summed E-state index contributed by atoms with van der Waals surface area (Å²) in [7, 11) is 0. The predicted molar refractivity (Wildman–Crippen MR) is 40.2 cm³/mol. The minimum absolute atomic E-state index is 0.00694. The van der Waals surface area contributed by atoms with Gasteiger partial charge in [-0.05, 0) is 6.92 Å². The highest BCUT2D eigenvalue weighted by molar-refractivity contribution is 5.78. The number of carbonyl (C=O) groups excluding carboxylic acids is 1. The number of carbonyl (C=O) groups is 1. The Hall–Kier alpha value is -0.410. The van der Waals surface area contributed by atoms with Crippen LogP contribution in [0.4, 0.5) is 0 Å². The molecule has 1 aliphatic rings. The van der Waals surface area contributed by atoms with Gasteiger partial charge in [0.1, 0.15) is 5.78 Å². The van der Waals surface area contributed by atoms with Crippen LogP contribution in [0.3, 0.4) is 0 Å². The van der Waals surface area contributed by atoms with Gasteiger partial charge in [-0.3, -0.25) is 4.79 Å². The maximum atomic E-state index is 10.9. The van der Waals surface area contributed by atoms with Crippen molar-refractivity contribution in [2.45, 2.75) is 20.0 Å². The summed E-state index contributed by atoms with van der Waals surface area (Å²) in [6.45, 7) is 4.28. The van der Waals surface area contributed by atoms with Crippen LogP contribution in [0.2, 0.25) is 0 Å². The molecule has 1 saturated heterocycles. The average Bonchev–Trinajstić information content (AvgIpc) is 2.33. The molecule has 0 aliphatic carbocycles. The topological polar surface area (TPSA) is 46.5 Å². The molecule has 0 aromatic heterocycles. The van der Waals surface area contributed by atoms with E-state index in [9.17, 15) is 9.90 Å². The first-order valence-corrected chi connectivity index (χ1v) is 3.89. The van der Waals surface area contributed by atoms with Gasteiger partial charge in [0, 0.05) is 11.8 Å². The first-order valence-electron chi connectivity index (χ1n) is 3.89. The van der Waals surface area contributed by atoms with Gasteiger partial charge in [0.2, 0.25) is 0 Å². The number of hydrogen-bond acceptors (Lipinski definition) is 3. The van der Waals surface area contributed by atoms with Gasteiger partial charge < -0.3 is 9.84 Å². The zero-order valence-electron chi connectivity index (χ0n) is 6.91. The number of rotatable bonds is 2. The maximum Gasteiger partial charge on any atom is 0.133 e. The molecule has 1 fully saturated rings.